The van der Waals surface area contributed by atoms with Crippen molar-refractivity contribution in [1.29, 1.82) is 0 Å². The molecule has 2 heterocycles. The number of hydrogen-bond donors (Lipinski definition) is 1. The standard InChI is InChI=1S/C26H29ClN6O/c1-4-32(2)25-20-12-11-19(17-8-6-5-7-9-17)24(20)30-26(31-25)29-18-10-13-21(22(14-18)34-3)33-15-23(27)28-16-33/h5-6,8,10,13-16,19H,4,7,9,11-12H2,1-3H3,(H,29,30,31). The smallest absolute Gasteiger partial charge is 0.229 e. The van der Waals surface area contributed by atoms with Crippen molar-refractivity contribution in [2.75, 3.05) is 30.9 Å². The lowest BCUT2D eigenvalue weighted by molar-refractivity contribution is 0.413. The van der Waals surface area contributed by atoms with Gasteiger partial charge in [0.2, 0.25) is 5.95 Å². The largest absolute Gasteiger partial charge is 0.494 e. The molecule has 0 amide bonds. The molecular formula is C26H29ClN6O. The molecule has 0 aliphatic heterocycles. The molecule has 34 heavy (non-hydrogen) atoms. The van der Waals surface area contributed by atoms with Gasteiger partial charge in [0.25, 0.3) is 0 Å². The molecule has 1 N–H and O–H groups in total. The van der Waals surface area contributed by atoms with Crippen LogP contribution in [0.25, 0.3) is 5.69 Å². The number of imidazole rings is 1. The Balaban J connectivity index is 1.50. The van der Waals surface area contributed by atoms with Gasteiger partial charge in [-0.05, 0) is 44.7 Å². The van der Waals surface area contributed by atoms with Gasteiger partial charge in [0.05, 0.1) is 18.5 Å². The van der Waals surface area contributed by atoms with Crippen LogP contribution in [0, 0.1) is 0 Å². The second kappa shape index (κ2) is 9.50. The lowest BCUT2D eigenvalue weighted by Gasteiger charge is -2.22. The van der Waals surface area contributed by atoms with E-state index in [0.717, 1.165) is 55.1 Å². The highest BCUT2D eigenvalue weighted by molar-refractivity contribution is 6.29. The highest BCUT2D eigenvalue weighted by Gasteiger charge is 2.31. The van der Waals surface area contributed by atoms with Gasteiger partial charge in [-0.1, -0.05) is 35.4 Å². The predicted octanol–water partition coefficient (Wildman–Crippen LogP) is 5.83. The molecule has 0 radical (unpaired) electrons. The topological polar surface area (TPSA) is 68.1 Å². The first-order valence-corrected chi connectivity index (χ1v) is 12.1. The van der Waals surface area contributed by atoms with Gasteiger partial charge in [0.1, 0.15) is 23.0 Å². The third kappa shape index (κ3) is 4.28. The fraction of sp³-hybridized carbons (Fsp3) is 0.346. The first-order chi connectivity index (χ1) is 16.6. The highest BCUT2D eigenvalue weighted by Crippen LogP contribution is 2.43. The van der Waals surface area contributed by atoms with Crippen molar-refractivity contribution in [3.05, 3.63) is 70.9 Å². The second-order valence-corrected chi connectivity index (χ2v) is 9.05. The van der Waals surface area contributed by atoms with Crippen LogP contribution in [0.3, 0.4) is 0 Å². The summed E-state index contributed by atoms with van der Waals surface area (Å²) in [7, 11) is 3.74. The number of allylic oxidation sites excluding steroid dienone is 4. The zero-order valence-electron chi connectivity index (χ0n) is 19.8. The van der Waals surface area contributed by atoms with Crippen molar-refractivity contribution in [1.82, 2.24) is 19.5 Å². The van der Waals surface area contributed by atoms with E-state index in [2.05, 4.69) is 47.4 Å². The summed E-state index contributed by atoms with van der Waals surface area (Å²) < 4.78 is 7.48. The molecule has 0 spiro atoms. The number of nitrogens with zero attached hydrogens (tertiary/aromatic N) is 5. The molecule has 0 saturated heterocycles. The minimum Gasteiger partial charge on any atom is -0.494 e. The molecule has 2 aromatic heterocycles. The quantitative estimate of drug-likeness (QED) is 0.462. The maximum absolute atomic E-state index is 6.00. The molecule has 1 aromatic carbocycles. The summed E-state index contributed by atoms with van der Waals surface area (Å²) in [6.07, 6.45) is 14.4. The van der Waals surface area contributed by atoms with Crippen LogP contribution < -0.4 is 15.0 Å². The molecule has 5 rings (SSSR count). The summed E-state index contributed by atoms with van der Waals surface area (Å²) in [5.74, 6) is 2.67. The molecule has 1 atom stereocenters. The van der Waals surface area contributed by atoms with Crippen molar-refractivity contribution in [3.8, 4) is 11.4 Å². The molecule has 176 valence electrons. The SMILES string of the molecule is CCN(C)c1nc(Nc2ccc(-n3cnc(Cl)c3)c(OC)c2)nc2c1CCC2C1=CC=CCC1. The van der Waals surface area contributed by atoms with E-state index in [4.69, 9.17) is 26.3 Å². The molecular weight excluding hydrogens is 448 g/mol. The van der Waals surface area contributed by atoms with E-state index >= 15 is 0 Å². The Morgan fingerprint density at radius 2 is 2.15 bits per heavy atom. The third-order valence-electron chi connectivity index (χ3n) is 6.63. The molecule has 0 saturated carbocycles. The summed E-state index contributed by atoms with van der Waals surface area (Å²) in [4.78, 5) is 16.3. The number of benzene rings is 1. The van der Waals surface area contributed by atoms with Gasteiger partial charge in [-0.15, -0.1) is 0 Å². The van der Waals surface area contributed by atoms with Crippen molar-refractivity contribution >= 4 is 29.1 Å². The number of halogens is 1. The number of anilines is 3. The number of fused-ring (bicyclic) bond motifs is 1. The van der Waals surface area contributed by atoms with Crippen LogP contribution in [-0.2, 0) is 6.42 Å². The molecule has 2 aliphatic rings. The Labute approximate surface area is 205 Å². The van der Waals surface area contributed by atoms with Gasteiger partial charge in [0.15, 0.2) is 0 Å². The summed E-state index contributed by atoms with van der Waals surface area (Å²) in [6.45, 7) is 3.03. The van der Waals surface area contributed by atoms with Crippen LogP contribution in [0.5, 0.6) is 5.75 Å². The van der Waals surface area contributed by atoms with Crippen molar-refractivity contribution in [2.24, 2.45) is 0 Å². The average molecular weight is 477 g/mol. The second-order valence-electron chi connectivity index (χ2n) is 8.66. The van der Waals surface area contributed by atoms with Gasteiger partial charge >= 0.3 is 0 Å². The molecule has 8 heteroatoms. The van der Waals surface area contributed by atoms with Crippen LogP contribution >= 0.6 is 11.6 Å². The number of aromatic nitrogens is 4. The van der Waals surface area contributed by atoms with Gasteiger partial charge in [0, 0.05) is 43.0 Å². The fourth-order valence-electron chi connectivity index (χ4n) is 4.76. The van der Waals surface area contributed by atoms with Crippen LogP contribution in [0.2, 0.25) is 5.15 Å². The molecule has 0 fully saturated rings. The Hall–Kier alpha value is -3.32. The van der Waals surface area contributed by atoms with Crippen molar-refractivity contribution < 1.29 is 4.74 Å². The molecule has 0 bridgehead atoms. The number of nitrogens with one attached hydrogen (secondary N) is 1. The Bertz CT molecular complexity index is 1260. The van der Waals surface area contributed by atoms with Crippen LogP contribution in [-0.4, -0.2) is 40.2 Å². The Morgan fingerprint density at radius 3 is 2.85 bits per heavy atom. The summed E-state index contributed by atoms with van der Waals surface area (Å²) in [5.41, 5.74) is 5.62. The number of rotatable bonds is 7. The lowest BCUT2D eigenvalue weighted by Crippen LogP contribution is -2.20. The third-order valence-corrected chi connectivity index (χ3v) is 6.82. The van der Waals surface area contributed by atoms with E-state index < -0.39 is 0 Å². The first-order valence-electron chi connectivity index (χ1n) is 11.7. The number of ether oxygens (including phenoxy) is 1. The highest BCUT2D eigenvalue weighted by atomic mass is 35.5. The molecule has 1 unspecified atom stereocenters. The molecule has 7 nitrogen and oxygen atoms in total. The zero-order chi connectivity index (χ0) is 23.7. The maximum atomic E-state index is 6.00. The summed E-state index contributed by atoms with van der Waals surface area (Å²) in [6, 6.07) is 5.89. The van der Waals surface area contributed by atoms with Crippen LogP contribution in [0.15, 0.2) is 54.5 Å². The van der Waals surface area contributed by atoms with Crippen molar-refractivity contribution in [3.63, 3.8) is 0 Å². The van der Waals surface area contributed by atoms with E-state index in [1.165, 1.54) is 11.1 Å². The first kappa shape index (κ1) is 22.5. The maximum Gasteiger partial charge on any atom is 0.229 e. The monoisotopic (exact) mass is 476 g/mol. The number of hydrogen-bond acceptors (Lipinski definition) is 6. The predicted molar refractivity (Wildman–Crippen MR) is 137 cm³/mol. The van der Waals surface area contributed by atoms with E-state index in [1.54, 1.807) is 19.6 Å². The van der Waals surface area contributed by atoms with E-state index in [1.807, 2.05) is 22.8 Å². The van der Waals surface area contributed by atoms with E-state index in [9.17, 15) is 0 Å². The fourth-order valence-corrected chi connectivity index (χ4v) is 4.91. The lowest BCUT2D eigenvalue weighted by atomic mass is 9.90. The number of methoxy groups -OCH3 is 1. The zero-order valence-corrected chi connectivity index (χ0v) is 20.5. The van der Waals surface area contributed by atoms with Crippen molar-refractivity contribution in [2.45, 2.75) is 38.5 Å². The summed E-state index contributed by atoms with van der Waals surface area (Å²) in [5, 5.41) is 3.85. The van der Waals surface area contributed by atoms with E-state index in [-0.39, 0.29) is 0 Å². The summed E-state index contributed by atoms with van der Waals surface area (Å²) >= 11 is 6.00. The normalized spacial score (nSPS) is 16.8. The molecule has 2 aliphatic carbocycles. The van der Waals surface area contributed by atoms with Crippen LogP contribution in [0.4, 0.5) is 17.5 Å². The van der Waals surface area contributed by atoms with Gasteiger partial charge in [-0.3, -0.25) is 0 Å². The van der Waals surface area contributed by atoms with Gasteiger partial charge in [-0.2, -0.15) is 4.98 Å². The van der Waals surface area contributed by atoms with Gasteiger partial charge < -0.3 is 19.5 Å². The molecule has 3 aromatic rings. The minimum absolute atomic E-state index is 0.357. The average Bonchev–Trinajstić information content (AvgIpc) is 3.49. The van der Waals surface area contributed by atoms with Gasteiger partial charge in [-0.25, -0.2) is 9.97 Å². The Morgan fingerprint density at radius 1 is 1.26 bits per heavy atom. The van der Waals surface area contributed by atoms with E-state index in [0.29, 0.717) is 22.8 Å². The minimum atomic E-state index is 0.357. The Kier molecular flexibility index (Phi) is 6.28. The van der Waals surface area contributed by atoms with Crippen LogP contribution in [0.1, 0.15) is 43.4 Å².